The summed E-state index contributed by atoms with van der Waals surface area (Å²) in [6.07, 6.45) is 0. The van der Waals surface area contributed by atoms with Crippen molar-refractivity contribution in [3.63, 3.8) is 0 Å². The summed E-state index contributed by atoms with van der Waals surface area (Å²) in [7, 11) is 1.60. The number of nitriles is 1. The lowest BCUT2D eigenvalue weighted by Gasteiger charge is -2.08. The van der Waals surface area contributed by atoms with Gasteiger partial charge < -0.3 is 10.5 Å². The van der Waals surface area contributed by atoms with Crippen molar-refractivity contribution < 1.29 is 4.74 Å². The summed E-state index contributed by atoms with van der Waals surface area (Å²) in [6.45, 7) is 1.73. The molecule has 0 fully saturated rings. The first-order valence-corrected chi connectivity index (χ1v) is 6.24. The Kier molecular flexibility index (Phi) is 3.67. The quantitative estimate of drug-likeness (QED) is 0.920. The van der Waals surface area contributed by atoms with E-state index in [1.807, 2.05) is 24.3 Å². The minimum atomic E-state index is 0.192. The van der Waals surface area contributed by atoms with E-state index in [0.29, 0.717) is 17.1 Å². The number of nitrogen functional groups attached to an aromatic ring is 1. The van der Waals surface area contributed by atoms with Crippen LogP contribution in [0.5, 0.6) is 5.75 Å². The highest BCUT2D eigenvalue weighted by molar-refractivity contribution is 9.10. The highest BCUT2D eigenvalue weighted by Crippen LogP contribution is 2.29. The third-order valence-electron chi connectivity index (χ3n) is 2.64. The summed E-state index contributed by atoms with van der Waals surface area (Å²) in [6, 6.07) is 7.49. The molecule has 1 aromatic carbocycles. The third-order valence-corrected chi connectivity index (χ3v) is 3.26. The van der Waals surface area contributed by atoms with Crippen molar-refractivity contribution in [3.8, 4) is 23.2 Å². The van der Waals surface area contributed by atoms with Crippen LogP contribution in [0.3, 0.4) is 0 Å². The van der Waals surface area contributed by atoms with Crippen LogP contribution in [-0.4, -0.2) is 17.1 Å². The zero-order valence-corrected chi connectivity index (χ0v) is 12.0. The van der Waals surface area contributed by atoms with Crippen molar-refractivity contribution in [2.45, 2.75) is 6.92 Å². The van der Waals surface area contributed by atoms with Gasteiger partial charge >= 0.3 is 0 Å². The Hall–Kier alpha value is -2.13. The maximum atomic E-state index is 8.94. The van der Waals surface area contributed by atoms with Gasteiger partial charge in [-0.25, -0.2) is 9.97 Å². The number of hydrogen-bond acceptors (Lipinski definition) is 5. The van der Waals surface area contributed by atoms with Gasteiger partial charge in [0.05, 0.1) is 17.3 Å². The van der Waals surface area contributed by atoms with Crippen molar-refractivity contribution in [2.24, 2.45) is 0 Å². The summed E-state index contributed by atoms with van der Waals surface area (Å²) in [5.74, 6) is 1.40. The molecule has 6 heteroatoms. The van der Waals surface area contributed by atoms with Gasteiger partial charge in [0.25, 0.3) is 0 Å². The Morgan fingerprint density at radius 1 is 1.37 bits per heavy atom. The number of methoxy groups -OCH3 is 1. The highest BCUT2D eigenvalue weighted by Gasteiger charge is 2.11. The molecule has 2 rings (SSSR count). The van der Waals surface area contributed by atoms with Gasteiger partial charge in [-0.2, -0.15) is 5.26 Å². The van der Waals surface area contributed by atoms with Gasteiger partial charge in [0.2, 0.25) is 0 Å². The molecule has 19 heavy (non-hydrogen) atoms. The zero-order valence-electron chi connectivity index (χ0n) is 10.4. The molecule has 0 atom stereocenters. The lowest BCUT2D eigenvalue weighted by molar-refractivity contribution is 0.412. The molecule has 0 spiro atoms. The van der Waals surface area contributed by atoms with Crippen molar-refractivity contribution in [1.82, 2.24) is 9.97 Å². The van der Waals surface area contributed by atoms with Gasteiger partial charge in [0.15, 0.2) is 5.82 Å². The number of halogens is 1. The summed E-state index contributed by atoms with van der Waals surface area (Å²) in [5.41, 5.74) is 7.43. The van der Waals surface area contributed by atoms with Crippen LogP contribution in [0.25, 0.3) is 11.4 Å². The molecule has 2 N–H and O–H groups in total. The fourth-order valence-electron chi connectivity index (χ4n) is 1.67. The van der Waals surface area contributed by atoms with Crippen LogP contribution < -0.4 is 10.5 Å². The number of benzene rings is 1. The fraction of sp³-hybridized carbons (Fsp3) is 0.154. The lowest BCUT2D eigenvalue weighted by Crippen LogP contribution is -2.02. The maximum absolute atomic E-state index is 8.94. The van der Waals surface area contributed by atoms with E-state index < -0.39 is 0 Å². The molecule has 0 bridgehead atoms. The van der Waals surface area contributed by atoms with Crippen LogP contribution in [0.15, 0.2) is 22.7 Å². The van der Waals surface area contributed by atoms with E-state index in [4.69, 9.17) is 15.7 Å². The second-order valence-corrected chi connectivity index (χ2v) is 4.71. The van der Waals surface area contributed by atoms with E-state index in [1.165, 1.54) is 0 Å². The van der Waals surface area contributed by atoms with E-state index in [2.05, 4.69) is 25.9 Å². The Morgan fingerprint density at radius 3 is 2.63 bits per heavy atom. The van der Waals surface area contributed by atoms with Crippen LogP contribution in [0.1, 0.15) is 11.3 Å². The number of nitrogens with zero attached hydrogens (tertiary/aromatic N) is 3. The number of rotatable bonds is 2. The summed E-state index contributed by atoms with van der Waals surface area (Å²) in [5, 5.41) is 8.94. The van der Waals surface area contributed by atoms with Crippen LogP contribution in [-0.2, 0) is 0 Å². The Morgan fingerprint density at radius 2 is 2.11 bits per heavy atom. The first-order valence-electron chi connectivity index (χ1n) is 5.45. The van der Waals surface area contributed by atoms with Crippen LogP contribution in [0, 0.1) is 18.3 Å². The van der Waals surface area contributed by atoms with E-state index in [9.17, 15) is 0 Å². The predicted molar refractivity (Wildman–Crippen MR) is 75.6 cm³/mol. The lowest BCUT2D eigenvalue weighted by atomic mass is 10.1. The molecule has 0 saturated heterocycles. The molecular formula is C13H11BrN4O. The average molecular weight is 319 g/mol. The number of aryl methyl sites for hydroxylation is 1. The van der Waals surface area contributed by atoms with Crippen LogP contribution in [0.4, 0.5) is 5.82 Å². The fourth-order valence-corrected chi connectivity index (χ4v) is 2.21. The molecule has 1 heterocycles. The largest absolute Gasteiger partial charge is 0.496 e. The molecule has 0 aliphatic heterocycles. The van der Waals surface area contributed by atoms with Crippen LogP contribution in [0.2, 0.25) is 0 Å². The molecule has 1 aromatic heterocycles. The van der Waals surface area contributed by atoms with Crippen LogP contribution >= 0.6 is 15.9 Å². The monoisotopic (exact) mass is 318 g/mol. The molecule has 0 saturated carbocycles. The van der Waals surface area contributed by atoms with E-state index in [1.54, 1.807) is 14.0 Å². The number of hydrogen-bond donors (Lipinski definition) is 1. The second-order valence-electron chi connectivity index (χ2n) is 3.85. The minimum Gasteiger partial charge on any atom is -0.496 e. The first-order chi connectivity index (χ1) is 9.06. The van der Waals surface area contributed by atoms with Gasteiger partial charge in [0, 0.05) is 5.56 Å². The van der Waals surface area contributed by atoms with Gasteiger partial charge in [0.1, 0.15) is 23.2 Å². The van der Waals surface area contributed by atoms with E-state index in [-0.39, 0.29) is 5.82 Å². The smallest absolute Gasteiger partial charge is 0.161 e. The molecule has 96 valence electrons. The number of nitrogens with two attached hydrogens (primary N) is 1. The zero-order chi connectivity index (χ0) is 14.0. The summed E-state index contributed by atoms with van der Waals surface area (Å²) < 4.78 is 5.97. The first kappa shape index (κ1) is 13.3. The predicted octanol–water partition coefficient (Wildman–Crippen LogP) is 2.68. The third kappa shape index (κ3) is 2.51. The topological polar surface area (TPSA) is 84.8 Å². The van der Waals surface area contributed by atoms with Crippen molar-refractivity contribution in [1.29, 1.82) is 5.26 Å². The molecule has 5 nitrogen and oxygen atoms in total. The molecular weight excluding hydrogens is 308 g/mol. The maximum Gasteiger partial charge on any atom is 0.161 e. The number of aromatic nitrogens is 2. The highest BCUT2D eigenvalue weighted by atomic mass is 79.9. The summed E-state index contributed by atoms with van der Waals surface area (Å²) >= 11 is 3.41. The Balaban J connectivity index is 2.54. The van der Waals surface area contributed by atoms with Crippen molar-refractivity contribution in [2.75, 3.05) is 12.8 Å². The normalized spacial score (nSPS) is 10.0. The number of ether oxygens (including phenoxy) is 1. The molecule has 0 amide bonds. The molecule has 0 aliphatic rings. The molecule has 0 aliphatic carbocycles. The minimum absolute atomic E-state index is 0.192. The van der Waals surface area contributed by atoms with Crippen molar-refractivity contribution >= 4 is 21.7 Å². The van der Waals surface area contributed by atoms with Crippen molar-refractivity contribution in [3.05, 3.63) is 33.9 Å². The molecule has 0 unspecified atom stereocenters. The average Bonchev–Trinajstić information content (AvgIpc) is 2.38. The van der Waals surface area contributed by atoms with E-state index in [0.717, 1.165) is 15.8 Å². The SMILES string of the molecule is COc1ccc(-c2nc(C)c(C#N)c(N)n2)cc1Br. The number of anilines is 1. The summed E-state index contributed by atoms with van der Waals surface area (Å²) in [4.78, 5) is 8.45. The second kappa shape index (κ2) is 5.24. The Bertz CT molecular complexity index is 656. The Labute approximate surface area is 119 Å². The molecule has 2 aromatic rings. The van der Waals surface area contributed by atoms with Gasteiger partial charge in [-0.05, 0) is 41.1 Å². The molecule has 0 radical (unpaired) electrons. The van der Waals surface area contributed by atoms with E-state index >= 15 is 0 Å². The van der Waals surface area contributed by atoms with Gasteiger partial charge in [-0.1, -0.05) is 0 Å². The van der Waals surface area contributed by atoms with Gasteiger partial charge in [-0.15, -0.1) is 0 Å². The standard InChI is InChI=1S/C13H11BrN4O/c1-7-9(6-15)12(16)18-13(17-7)8-3-4-11(19-2)10(14)5-8/h3-5H,1-2H3,(H2,16,17,18). The van der Waals surface area contributed by atoms with Gasteiger partial charge in [-0.3, -0.25) is 0 Å².